The second-order valence-electron chi connectivity index (χ2n) is 3.00. The molecule has 5 N–H and O–H groups in total. The normalized spacial score (nSPS) is 12.6. The summed E-state index contributed by atoms with van der Waals surface area (Å²) in [6.07, 6.45) is -0.0342. The molecule has 0 aliphatic heterocycles. The van der Waals surface area contributed by atoms with Crippen LogP contribution in [0, 0.1) is 6.92 Å². The minimum absolute atomic E-state index is 0.0342. The van der Waals surface area contributed by atoms with E-state index < -0.39 is 0 Å². The molecule has 3 nitrogen and oxygen atoms in total. The van der Waals surface area contributed by atoms with Crippen LogP contribution in [0.4, 0.5) is 11.4 Å². The number of nitrogens with one attached hydrogen (secondary N) is 1. The first-order valence-corrected chi connectivity index (χ1v) is 3.98. The van der Waals surface area contributed by atoms with E-state index in [1.54, 1.807) is 0 Å². The van der Waals surface area contributed by atoms with Gasteiger partial charge in [-0.05, 0) is 37.6 Å². The SMILES string of the molecule is Cc1cc(NC(C)N)ccc1N. The van der Waals surface area contributed by atoms with Crippen molar-refractivity contribution in [3.63, 3.8) is 0 Å². The third kappa shape index (κ3) is 2.13. The van der Waals surface area contributed by atoms with Gasteiger partial charge in [-0.2, -0.15) is 0 Å². The van der Waals surface area contributed by atoms with Gasteiger partial charge in [0.1, 0.15) is 0 Å². The van der Waals surface area contributed by atoms with Crippen LogP contribution in [0.1, 0.15) is 12.5 Å². The Morgan fingerprint density at radius 1 is 1.42 bits per heavy atom. The number of hydrogen-bond acceptors (Lipinski definition) is 3. The van der Waals surface area contributed by atoms with Crippen LogP contribution in [-0.4, -0.2) is 6.17 Å². The van der Waals surface area contributed by atoms with Crippen LogP contribution in [0.2, 0.25) is 0 Å². The van der Waals surface area contributed by atoms with Gasteiger partial charge >= 0.3 is 0 Å². The summed E-state index contributed by atoms with van der Waals surface area (Å²) in [5.41, 5.74) is 14.1. The topological polar surface area (TPSA) is 64.1 Å². The predicted octanol–water partition coefficient (Wildman–Crippen LogP) is 1.29. The predicted molar refractivity (Wildman–Crippen MR) is 52.9 cm³/mol. The zero-order valence-electron chi connectivity index (χ0n) is 7.46. The van der Waals surface area contributed by atoms with E-state index in [9.17, 15) is 0 Å². The lowest BCUT2D eigenvalue weighted by Crippen LogP contribution is -2.25. The lowest BCUT2D eigenvalue weighted by molar-refractivity contribution is 0.851. The summed E-state index contributed by atoms with van der Waals surface area (Å²) in [7, 11) is 0. The van der Waals surface area contributed by atoms with Crippen LogP contribution in [0.5, 0.6) is 0 Å². The molecule has 1 atom stereocenters. The standard InChI is InChI=1S/C9H15N3/c1-6-5-8(12-7(2)10)3-4-9(6)11/h3-5,7,12H,10-11H2,1-2H3. The second-order valence-corrected chi connectivity index (χ2v) is 3.00. The molecule has 0 radical (unpaired) electrons. The van der Waals surface area contributed by atoms with Crippen molar-refractivity contribution in [1.82, 2.24) is 0 Å². The molecule has 0 bridgehead atoms. The first-order valence-electron chi connectivity index (χ1n) is 3.98. The number of nitrogens with two attached hydrogens (primary N) is 2. The Labute approximate surface area is 72.8 Å². The maximum atomic E-state index is 5.66. The number of hydrogen-bond donors (Lipinski definition) is 3. The van der Waals surface area contributed by atoms with E-state index in [-0.39, 0.29) is 6.17 Å². The number of anilines is 2. The van der Waals surface area contributed by atoms with Crippen molar-refractivity contribution in [3.8, 4) is 0 Å². The van der Waals surface area contributed by atoms with Gasteiger partial charge in [0.15, 0.2) is 0 Å². The van der Waals surface area contributed by atoms with Crippen molar-refractivity contribution in [2.75, 3.05) is 11.1 Å². The molecule has 1 rings (SSSR count). The lowest BCUT2D eigenvalue weighted by Gasteiger charge is -2.11. The van der Waals surface area contributed by atoms with E-state index in [4.69, 9.17) is 11.5 Å². The first kappa shape index (κ1) is 8.87. The fourth-order valence-corrected chi connectivity index (χ4v) is 1.03. The zero-order chi connectivity index (χ0) is 9.14. The first-order chi connectivity index (χ1) is 5.59. The fourth-order valence-electron chi connectivity index (χ4n) is 1.03. The molecule has 0 spiro atoms. The van der Waals surface area contributed by atoms with Crippen LogP contribution in [-0.2, 0) is 0 Å². The quantitative estimate of drug-likeness (QED) is 0.457. The molecule has 0 saturated carbocycles. The molecule has 3 heteroatoms. The van der Waals surface area contributed by atoms with Crippen molar-refractivity contribution in [3.05, 3.63) is 23.8 Å². The van der Waals surface area contributed by atoms with Crippen LogP contribution in [0.15, 0.2) is 18.2 Å². The number of aryl methyl sites for hydroxylation is 1. The number of rotatable bonds is 2. The maximum Gasteiger partial charge on any atom is 0.0714 e. The van der Waals surface area contributed by atoms with E-state index in [1.807, 2.05) is 32.0 Å². The van der Waals surface area contributed by atoms with Gasteiger partial charge in [-0.15, -0.1) is 0 Å². The van der Waals surface area contributed by atoms with Gasteiger partial charge in [0.2, 0.25) is 0 Å². The molecule has 0 aromatic heterocycles. The van der Waals surface area contributed by atoms with Crippen LogP contribution in [0.25, 0.3) is 0 Å². The van der Waals surface area contributed by atoms with Gasteiger partial charge in [-0.3, -0.25) is 0 Å². The minimum atomic E-state index is -0.0342. The highest BCUT2D eigenvalue weighted by atomic mass is 15.0. The van der Waals surface area contributed by atoms with Gasteiger partial charge in [-0.1, -0.05) is 0 Å². The van der Waals surface area contributed by atoms with Crippen LogP contribution in [0.3, 0.4) is 0 Å². The van der Waals surface area contributed by atoms with Crippen LogP contribution >= 0.6 is 0 Å². The van der Waals surface area contributed by atoms with Crippen molar-refractivity contribution in [1.29, 1.82) is 0 Å². The van der Waals surface area contributed by atoms with Gasteiger partial charge < -0.3 is 16.8 Å². The highest BCUT2D eigenvalue weighted by Gasteiger charge is 1.97. The number of nitrogen functional groups attached to an aromatic ring is 1. The zero-order valence-corrected chi connectivity index (χ0v) is 7.46. The second kappa shape index (κ2) is 3.45. The van der Waals surface area contributed by atoms with Crippen molar-refractivity contribution in [2.45, 2.75) is 20.0 Å². The molecule has 0 heterocycles. The molecule has 1 aromatic rings. The van der Waals surface area contributed by atoms with Crippen molar-refractivity contribution >= 4 is 11.4 Å². The molecule has 0 aliphatic rings. The molecule has 1 aromatic carbocycles. The largest absolute Gasteiger partial charge is 0.399 e. The highest BCUT2D eigenvalue weighted by molar-refractivity contribution is 5.56. The van der Waals surface area contributed by atoms with Crippen molar-refractivity contribution < 1.29 is 0 Å². The Kier molecular flexibility index (Phi) is 2.55. The average Bonchev–Trinajstić information content (AvgIpc) is 1.96. The molecular formula is C9H15N3. The molecule has 66 valence electrons. The highest BCUT2D eigenvalue weighted by Crippen LogP contribution is 2.16. The average molecular weight is 165 g/mol. The summed E-state index contributed by atoms with van der Waals surface area (Å²) >= 11 is 0. The van der Waals surface area contributed by atoms with E-state index >= 15 is 0 Å². The Morgan fingerprint density at radius 3 is 2.58 bits per heavy atom. The Hall–Kier alpha value is -1.22. The number of benzene rings is 1. The van der Waals surface area contributed by atoms with Crippen LogP contribution < -0.4 is 16.8 Å². The summed E-state index contributed by atoms with van der Waals surface area (Å²) in [6, 6.07) is 5.78. The molecule has 12 heavy (non-hydrogen) atoms. The molecule has 0 amide bonds. The summed E-state index contributed by atoms with van der Waals surface area (Å²) in [5, 5.41) is 3.10. The van der Waals surface area contributed by atoms with Gasteiger partial charge in [0, 0.05) is 11.4 Å². The summed E-state index contributed by atoms with van der Waals surface area (Å²) in [4.78, 5) is 0. The fraction of sp³-hybridized carbons (Fsp3) is 0.333. The minimum Gasteiger partial charge on any atom is -0.399 e. The maximum absolute atomic E-state index is 5.66. The monoisotopic (exact) mass is 165 g/mol. The lowest BCUT2D eigenvalue weighted by atomic mass is 10.2. The summed E-state index contributed by atoms with van der Waals surface area (Å²) in [5.74, 6) is 0. The third-order valence-electron chi connectivity index (χ3n) is 1.66. The van der Waals surface area contributed by atoms with Gasteiger partial charge in [0.25, 0.3) is 0 Å². The van der Waals surface area contributed by atoms with Gasteiger partial charge in [-0.25, -0.2) is 0 Å². The molecular weight excluding hydrogens is 150 g/mol. The Bertz CT molecular complexity index is 268. The molecule has 0 aliphatic carbocycles. The molecule has 0 saturated heterocycles. The Morgan fingerprint density at radius 2 is 2.08 bits per heavy atom. The Balaban J connectivity index is 2.82. The smallest absolute Gasteiger partial charge is 0.0714 e. The van der Waals surface area contributed by atoms with E-state index in [2.05, 4.69) is 5.32 Å². The summed E-state index contributed by atoms with van der Waals surface area (Å²) in [6.45, 7) is 3.87. The van der Waals surface area contributed by atoms with E-state index in [0.717, 1.165) is 16.9 Å². The van der Waals surface area contributed by atoms with Gasteiger partial charge in [0.05, 0.1) is 6.17 Å². The van der Waals surface area contributed by atoms with E-state index in [1.165, 1.54) is 0 Å². The molecule has 1 unspecified atom stereocenters. The third-order valence-corrected chi connectivity index (χ3v) is 1.66. The van der Waals surface area contributed by atoms with E-state index in [0.29, 0.717) is 0 Å². The summed E-state index contributed by atoms with van der Waals surface area (Å²) < 4.78 is 0. The molecule has 0 fully saturated rings. The van der Waals surface area contributed by atoms with Crippen molar-refractivity contribution in [2.24, 2.45) is 5.73 Å².